The first-order chi connectivity index (χ1) is 4.56. The van der Waals surface area contributed by atoms with Gasteiger partial charge in [0.25, 0.3) is 0 Å². The lowest BCUT2D eigenvalue weighted by atomic mass is 10.6. The zero-order chi connectivity index (χ0) is 8.20. The van der Waals surface area contributed by atoms with Gasteiger partial charge in [-0.25, -0.2) is 0 Å². The molecule has 0 bridgehead atoms. The van der Waals surface area contributed by atoms with Crippen LogP contribution in [0.4, 0.5) is 0 Å². The highest BCUT2D eigenvalue weighted by Crippen LogP contribution is 2.46. The van der Waals surface area contributed by atoms with Crippen molar-refractivity contribution in [3.63, 3.8) is 0 Å². The summed E-state index contributed by atoms with van der Waals surface area (Å²) in [4.78, 5) is 10.8. The second-order valence-electron chi connectivity index (χ2n) is 2.45. The summed E-state index contributed by atoms with van der Waals surface area (Å²) < 4.78 is 11.5. The van der Waals surface area contributed by atoms with Crippen LogP contribution in [0.25, 0.3) is 0 Å². The van der Waals surface area contributed by atoms with Crippen LogP contribution in [0.15, 0.2) is 0 Å². The van der Waals surface area contributed by atoms with Gasteiger partial charge in [0.2, 0.25) is 0 Å². The van der Waals surface area contributed by atoms with Crippen molar-refractivity contribution in [2.75, 3.05) is 12.3 Å². The molecule has 0 aromatic rings. The molecule has 0 aromatic heterocycles. The molecule has 0 aliphatic heterocycles. The molecule has 0 aliphatic rings. The average molecular weight is 162 g/mol. The molecular weight excluding hydrogens is 147 g/mol. The van der Waals surface area contributed by atoms with Crippen LogP contribution >= 0.6 is 7.14 Å². The highest BCUT2D eigenvalue weighted by atomic mass is 31.2. The van der Waals surface area contributed by atoms with Gasteiger partial charge >= 0.3 is 0 Å². The van der Waals surface area contributed by atoms with E-state index in [9.17, 15) is 9.36 Å². The third-order valence-corrected chi connectivity index (χ3v) is 5.01. The fraction of sp³-hybridized carbons (Fsp3) is 0.857. The first-order valence-corrected chi connectivity index (χ1v) is 5.73. The molecule has 0 aliphatic carbocycles. The Morgan fingerprint density at radius 1 is 1.40 bits per heavy atom. The topological polar surface area (TPSA) is 34.1 Å². The van der Waals surface area contributed by atoms with Gasteiger partial charge < -0.3 is 4.57 Å². The van der Waals surface area contributed by atoms with Crippen LogP contribution < -0.4 is 0 Å². The van der Waals surface area contributed by atoms with Gasteiger partial charge in [-0.2, -0.15) is 0 Å². The predicted octanol–water partition coefficient (Wildman–Crippen LogP) is 2.33. The van der Waals surface area contributed by atoms with Gasteiger partial charge in [0, 0.05) is 19.2 Å². The van der Waals surface area contributed by atoms with Crippen molar-refractivity contribution in [3.05, 3.63) is 0 Å². The molecule has 0 spiro atoms. The van der Waals surface area contributed by atoms with Gasteiger partial charge in [-0.15, -0.1) is 0 Å². The Morgan fingerprint density at radius 3 is 2.00 bits per heavy atom. The first-order valence-electron chi connectivity index (χ1n) is 3.66. The molecular formula is C7H15O2P. The van der Waals surface area contributed by atoms with Crippen molar-refractivity contribution in [2.45, 2.75) is 27.2 Å². The van der Waals surface area contributed by atoms with Crippen LogP contribution in [0.3, 0.4) is 0 Å². The van der Waals surface area contributed by atoms with Gasteiger partial charge in [-0.1, -0.05) is 13.8 Å². The highest BCUT2D eigenvalue weighted by molar-refractivity contribution is 7.80. The summed E-state index contributed by atoms with van der Waals surface area (Å²) in [6.45, 7) is 5.20. The van der Waals surface area contributed by atoms with Crippen molar-refractivity contribution in [2.24, 2.45) is 0 Å². The molecule has 1 unspecified atom stereocenters. The lowest BCUT2D eigenvalue weighted by molar-refractivity contribution is -0.110. The van der Waals surface area contributed by atoms with Crippen molar-refractivity contribution >= 4 is 12.7 Å². The van der Waals surface area contributed by atoms with Crippen molar-refractivity contribution < 1.29 is 9.36 Å². The molecule has 10 heavy (non-hydrogen) atoms. The van der Waals surface area contributed by atoms with Crippen molar-refractivity contribution in [3.8, 4) is 0 Å². The maximum Gasteiger partial charge on any atom is 0.188 e. The SMILES string of the molecule is CCCP(=O)(CC)C(C)=O. The third-order valence-electron chi connectivity index (χ3n) is 1.67. The molecule has 0 fully saturated rings. The van der Waals surface area contributed by atoms with Crippen LogP contribution in [-0.2, 0) is 9.36 Å². The summed E-state index contributed by atoms with van der Waals surface area (Å²) in [5.41, 5.74) is -0.114. The van der Waals surface area contributed by atoms with Gasteiger partial charge in [-0.3, -0.25) is 4.79 Å². The summed E-state index contributed by atoms with van der Waals surface area (Å²) in [7, 11) is -2.41. The number of carbonyl (C=O) groups is 1. The lowest BCUT2D eigenvalue weighted by Crippen LogP contribution is -2.00. The normalized spacial score (nSPS) is 16.3. The summed E-state index contributed by atoms with van der Waals surface area (Å²) in [6, 6.07) is 0. The highest BCUT2D eigenvalue weighted by Gasteiger charge is 2.23. The molecule has 2 nitrogen and oxygen atoms in total. The number of hydrogen-bond donors (Lipinski definition) is 0. The minimum atomic E-state index is -2.41. The zero-order valence-electron chi connectivity index (χ0n) is 6.89. The van der Waals surface area contributed by atoms with Crippen LogP contribution in [0.2, 0.25) is 0 Å². The molecule has 1 atom stereocenters. The van der Waals surface area contributed by atoms with Gasteiger partial charge in [0.1, 0.15) is 7.14 Å². The van der Waals surface area contributed by atoms with E-state index in [4.69, 9.17) is 0 Å². The molecule has 0 radical (unpaired) electrons. The molecule has 0 rings (SSSR count). The Labute approximate surface area is 62.4 Å². The summed E-state index contributed by atoms with van der Waals surface area (Å²) >= 11 is 0. The standard InChI is InChI=1S/C7H15O2P/c1-4-6-10(9,5-2)7(3)8/h4-6H2,1-3H3. The maximum atomic E-state index is 11.5. The van der Waals surface area contributed by atoms with Crippen LogP contribution in [0.1, 0.15) is 27.2 Å². The van der Waals surface area contributed by atoms with E-state index in [1.54, 1.807) is 0 Å². The van der Waals surface area contributed by atoms with Crippen LogP contribution in [0.5, 0.6) is 0 Å². The average Bonchev–Trinajstić information content (AvgIpc) is 1.88. The summed E-state index contributed by atoms with van der Waals surface area (Å²) in [5, 5.41) is 0. The Bertz CT molecular complexity index is 163. The smallest absolute Gasteiger partial charge is 0.188 e. The Balaban J connectivity index is 4.25. The van der Waals surface area contributed by atoms with E-state index in [1.807, 2.05) is 13.8 Å². The van der Waals surface area contributed by atoms with Crippen molar-refractivity contribution in [1.82, 2.24) is 0 Å². The first kappa shape index (κ1) is 9.90. The van der Waals surface area contributed by atoms with Gasteiger partial charge in [0.15, 0.2) is 5.52 Å². The number of rotatable bonds is 4. The van der Waals surface area contributed by atoms with Crippen LogP contribution in [0, 0.1) is 0 Å². The zero-order valence-corrected chi connectivity index (χ0v) is 7.78. The van der Waals surface area contributed by atoms with E-state index in [1.165, 1.54) is 6.92 Å². The second-order valence-corrected chi connectivity index (χ2v) is 5.94. The molecule has 3 heteroatoms. The Hall–Kier alpha value is -0.100. The molecule has 0 saturated carbocycles. The Kier molecular flexibility index (Phi) is 3.88. The van der Waals surface area contributed by atoms with E-state index in [2.05, 4.69) is 0 Å². The summed E-state index contributed by atoms with van der Waals surface area (Å²) in [5.74, 6) is 0. The minimum Gasteiger partial charge on any atom is -0.316 e. The number of hydrogen-bond acceptors (Lipinski definition) is 2. The quantitative estimate of drug-likeness (QED) is 0.594. The molecule has 60 valence electrons. The van der Waals surface area contributed by atoms with Gasteiger partial charge in [0.05, 0.1) is 0 Å². The van der Waals surface area contributed by atoms with E-state index >= 15 is 0 Å². The fourth-order valence-corrected chi connectivity index (χ4v) is 2.70. The molecule has 0 saturated heterocycles. The fourth-order valence-electron chi connectivity index (χ4n) is 0.899. The predicted molar refractivity (Wildman–Crippen MR) is 44.0 cm³/mol. The molecule has 0 aromatic carbocycles. The third kappa shape index (κ3) is 2.26. The Morgan fingerprint density at radius 2 is 1.90 bits per heavy atom. The molecule has 0 amide bonds. The largest absolute Gasteiger partial charge is 0.316 e. The van der Waals surface area contributed by atoms with Crippen LogP contribution in [-0.4, -0.2) is 17.8 Å². The maximum absolute atomic E-state index is 11.5. The van der Waals surface area contributed by atoms with Crippen molar-refractivity contribution in [1.29, 1.82) is 0 Å². The minimum absolute atomic E-state index is 0.114. The van der Waals surface area contributed by atoms with E-state index in [0.29, 0.717) is 12.3 Å². The number of carbonyl (C=O) groups excluding carboxylic acids is 1. The van der Waals surface area contributed by atoms with E-state index in [-0.39, 0.29) is 5.52 Å². The van der Waals surface area contributed by atoms with E-state index in [0.717, 1.165) is 6.42 Å². The molecule has 0 heterocycles. The summed E-state index contributed by atoms with van der Waals surface area (Å²) in [6.07, 6.45) is 1.94. The molecule has 0 N–H and O–H groups in total. The van der Waals surface area contributed by atoms with Gasteiger partial charge in [-0.05, 0) is 6.42 Å². The lowest BCUT2D eigenvalue weighted by Gasteiger charge is -2.09. The monoisotopic (exact) mass is 162 g/mol. The van der Waals surface area contributed by atoms with E-state index < -0.39 is 7.14 Å². The second kappa shape index (κ2) is 3.92.